The Labute approximate surface area is 102 Å². The van der Waals surface area contributed by atoms with Crippen molar-refractivity contribution in [3.05, 3.63) is 35.4 Å². The van der Waals surface area contributed by atoms with Gasteiger partial charge in [0.2, 0.25) is 0 Å². The molecular weight excluding hydrogens is 212 g/mol. The van der Waals surface area contributed by atoms with Gasteiger partial charge in [0, 0.05) is 18.7 Å². The first kappa shape index (κ1) is 11.7. The van der Waals surface area contributed by atoms with E-state index in [4.69, 9.17) is 5.26 Å². The average Bonchev–Trinajstić information content (AvgIpc) is 2.69. The van der Waals surface area contributed by atoms with Crippen LogP contribution < -0.4 is 0 Å². The summed E-state index contributed by atoms with van der Waals surface area (Å²) >= 11 is 0. The lowest BCUT2D eigenvalue weighted by atomic mass is 9.93. The summed E-state index contributed by atoms with van der Waals surface area (Å²) < 4.78 is 0. The summed E-state index contributed by atoms with van der Waals surface area (Å²) in [6.07, 6.45) is 1.05. The van der Waals surface area contributed by atoms with Gasteiger partial charge < -0.3 is 4.90 Å². The number of rotatable bonds is 1. The van der Waals surface area contributed by atoms with E-state index in [-0.39, 0.29) is 11.3 Å². The van der Waals surface area contributed by atoms with E-state index in [1.54, 1.807) is 24.3 Å². The second kappa shape index (κ2) is 4.21. The van der Waals surface area contributed by atoms with Gasteiger partial charge in [0.25, 0.3) is 5.91 Å². The highest BCUT2D eigenvalue weighted by Crippen LogP contribution is 2.29. The van der Waals surface area contributed by atoms with Gasteiger partial charge in [0.15, 0.2) is 0 Å². The van der Waals surface area contributed by atoms with Gasteiger partial charge in [-0.25, -0.2) is 0 Å². The second-order valence-corrected chi connectivity index (χ2v) is 5.33. The molecule has 0 bridgehead atoms. The highest BCUT2D eigenvalue weighted by Gasteiger charge is 2.32. The van der Waals surface area contributed by atoms with E-state index in [1.165, 1.54) is 0 Å². The molecule has 1 aliphatic rings. The van der Waals surface area contributed by atoms with Gasteiger partial charge in [-0.1, -0.05) is 13.8 Å². The fraction of sp³-hybridized carbons (Fsp3) is 0.429. The molecular formula is C14H16N2O. The molecule has 17 heavy (non-hydrogen) atoms. The number of nitriles is 1. The molecule has 3 heteroatoms. The third-order valence-corrected chi connectivity index (χ3v) is 3.23. The van der Waals surface area contributed by atoms with Crippen molar-refractivity contribution >= 4 is 5.91 Å². The zero-order chi connectivity index (χ0) is 12.5. The quantitative estimate of drug-likeness (QED) is 0.741. The lowest BCUT2D eigenvalue weighted by Gasteiger charge is -2.19. The summed E-state index contributed by atoms with van der Waals surface area (Å²) in [5, 5.41) is 8.70. The Hall–Kier alpha value is -1.82. The van der Waals surface area contributed by atoms with E-state index in [2.05, 4.69) is 19.9 Å². The summed E-state index contributed by atoms with van der Waals surface area (Å²) in [4.78, 5) is 14.1. The van der Waals surface area contributed by atoms with Crippen LogP contribution >= 0.6 is 0 Å². The second-order valence-electron chi connectivity index (χ2n) is 5.33. The molecule has 3 nitrogen and oxygen atoms in total. The number of nitrogens with zero attached hydrogens (tertiary/aromatic N) is 2. The van der Waals surface area contributed by atoms with Crippen LogP contribution in [0.4, 0.5) is 0 Å². The van der Waals surface area contributed by atoms with Gasteiger partial charge in [-0.15, -0.1) is 0 Å². The molecule has 1 heterocycles. The van der Waals surface area contributed by atoms with Gasteiger partial charge in [-0.2, -0.15) is 5.26 Å². The summed E-state index contributed by atoms with van der Waals surface area (Å²) in [7, 11) is 0. The van der Waals surface area contributed by atoms with Crippen molar-refractivity contribution in [2.45, 2.75) is 20.3 Å². The summed E-state index contributed by atoms with van der Waals surface area (Å²) in [6.45, 7) is 6.00. The van der Waals surface area contributed by atoms with Crippen molar-refractivity contribution in [1.82, 2.24) is 4.90 Å². The molecule has 0 unspecified atom stereocenters. The first-order valence-electron chi connectivity index (χ1n) is 5.81. The summed E-state index contributed by atoms with van der Waals surface area (Å²) in [5.74, 6) is 0.0695. The number of hydrogen-bond donors (Lipinski definition) is 0. The normalized spacial score (nSPS) is 17.8. The van der Waals surface area contributed by atoms with Crippen LogP contribution in [0, 0.1) is 16.7 Å². The molecule has 1 saturated heterocycles. The van der Waals surface area contributed by atoms with E-state index in [1.807, 2.05) is 4.90 Å². The minimum Gasteiger partial charge on any atom is -0.338 e. The van der Waals surface area contributed by atoms with Crippen LogP contribution in [0.3, 0.4) is 0 Å². The number of hydrogen-bond acceptors (Lipinski definition) is 2. The molecule has 1 aromatic rings. The lowest BCUT2D eigenvalue weighted by molar-refractivity contribution is 0.0778. The Morgan fingerprint density at radius 2 is 2.00 bits per heavy atom. The van der Waals surface area contributed by atoms with Crippen LogP contribution in [0.1, 0.15) is 36.2 Å². The first-order valence-corrected chi connectivity index (χ1v) is 5.81. The molecule has 1 fully saturated rings. The smallest absolute Gasteiger partial charge is 0.253 e. The average molecular weight is 228 g/mol. The standard InChI is InChI=1S/C14H16N2O/c1-14(2)7-8-16(10-14)13(17)12-5-3-11(9-15)4-6-12/h3-6H,7-8,10H2,1-2H3. The molecule has 1 aromatic carbocycles. The Kier molecular flexibility index (Phi) is 2.89. The Balaban J connectivity index is 2.13. The maximum Gasteiger partial charge on any atom is 0.253 e. The van der Waals surface area contributed by atoms with Crippen molar-refractivity contribution in [3.63, 3.8) is 0 Å². The maximum atomic E-state index is 12.2. The topological polar surface area (TPSA) is 44.1 Å². The minimum atomic E-state index is 0.0695. The van der Waals surface area contributed by atoms with Crippen molar-refractivity contribution < 1.29 is 4.79 Å². The molecule has 0 saturated carbocycles. The van der Waals surface area contributed by atoms with Crippen molar-refractivity contribution in [2.24, 2.45) is 5.41 Å². The molecule has 0 aromatic heterocycles. The third-order valence-electron chi connectivity index (χ3n) is 3.23. The van der Waals surface area contributed by atoms with E-state index >= 15 is 0 Å². The van der Waals surface area contributed by atoms with Crippen molar-refractivity contribution in [3.8, 4) is 6.07 Å². The summed E-state index contributed by atoms with van der Waals surface area (Å²) in [5.41, 5.74) is 1.48. The maximum absolute atomic E-state index is 12.2. The van der Waals surface area contributed by atoms with Crippen LogP contribution in [0.5, 0.6) is 0 Å². The number of carbonyl (C=O) groups excluding carboxylic acids is 1. The van der Waals surface area contributed by atoms with Gasteiger partial charge in [0.1, 0.15) is 0 Å². The van der Waals surface area contributed by atoms with Gasteiger partial charge in [-0.05, 0) is 36.1 Å². The monoisotopic (exact) mass is 228 g/mol. The van der Waals surface area contributed by atoms with Gasteiger partial charge in [-0.3, -0.25) is 4.79 Å². The number of benzene rings is 1. The highest BCUT2D eigenvalue weighted by atomic mass is 16.2. The van der Waals surface area contributed by atoms with Crippen LogP contribution in [0.15, 0.2) is 24.3 Å². The number of likely N-dealkylation sites (tertiary alicyclic amines) is 1. The molecule has 0 aliphatic carbocycles. The lowest BCUT2D eigenvalue weighted by Crippen LogP contribution is -2.30. The van der Waals surface area contributed by atoms with E-state index < -0.39 is 0 Å². The Morgan fingerprint density at radius 1 is 1.35 bits per heavy atom. The predicted molar refractivity (Wildman–Crippen MR) is 65.5 cm³/mol. The van der Waals surface area contributed by atoms with Crippen LogP contribution in [0.25, 0.3) is 0 Å². The zero-order valence-electron chi connectivity index (χ0n) is 10.2. The van der Waals surface area contributed by atoms with Gasteiger partial charge in [0.05, 0.1) is 11.6 Å². The zero-order valence-corrected chi connectivity index (χ0v) is 10.2. The largest absolute Gasteiger partial charge is 0.338 e. The molecule has 88 valence electrons. The van der Waals surface area contributed by atoms with E-state index in [0.717, 1.165) is 19.5 Å². The molecule has 0 atom stereocenters. The van der Waals surface area contributed by atoms with Crippen molar-refractivity contribution in [1.29, 1.82) is 5.26 Å². The SMILES string of the molecule is CC1(C)CCN(C(=O)c2ccc(C#N)cc2)C1. The molecule has 0 N–H and O–H groups in total. The van der Waals surface area contributed by atoms with Crippen molar-refractivity contribution in [2.75, 3.05) is 13.1 Å². The molecule has 1 amide bonds. The first-order chi connectivity index (χ1) is 8.02. The fourth-order valence-electron chi connectivity index (χ4n) is 2.16. The van der Waals surface area contributed by atoms with E-state index in [0.29, 0.717) is 11.1 Å². The van der Waals surface area contributed by atoms with E-state index in [9.17, 15) is 4.79 Å². The number of carbonyl (C=O) groups is 1. The summed E-state index contributed by atoms with van der Waals surface area (Å²) in [6, 6.07) is 8.89. The fourth-order valence-corrected chi connectivity index (χ4v) is 2.16. The Morgan fingerprint density at radius 3 is 2.47 bits per heavy atom. The van der Waals surface area contributed by atoms with Crippen LogP contribution in [-0.2, 0) is 0 Å². The van der Waals surface area contributed by atoms with Crippen LogP contribution in [-0.4, -0.2) is 23.9 Å². The molecule has 0 spiro atoms. The third kappa shape index (κ3) is 2.47. The predicted octanol–water partition coefficient (Wildman–Crippen LogP) is 2.43. The Bertz CT molecular complexity index is 468. The van der Waals surface area contributed by atoms with Gasteiger partial charge >= 0.3 is 0 Å². The minimum absolute atomic E-state index is 0.0695. The number of amides is 1. The molecule has 0 radical (unpaired) electrons. The molecule has 1 aliphatic heterocycles. The highest BCUT2D eigenvalue weighted by molar-refractivity contribution is 5.94. The molecule has 2 rings (SSSR count). The van der Waals surface area contributed by atoms with Crippen LogP contribution in [0.2, 0.25) is 0 Å².